The number of imide groups is 1. The molecule has 10 nitrogen and oxygen atoms in total. The van der Waals surface area contributed by atoms with Crippen LogP contribution in [-0.4, -0.2) is 67.6 Å². The van der Waals surface area contributed by atoms with Crippen LogP contribution in [0.2, 0.25) is 0 Å². The van der Waals surface area contributed by atoms with Gasteiger partial charge >= 0.3 is 5.97 Å². The summed E-state index contributed by atoms with van der Waals surface area (Å²) in [6, 6.07) is 5.78. The Balaban J connectivity index is 1.31. The maximum atomic E-state index is 12.7. The molecule has 3 aliphatic rings. The number of sulfonamides is 1. The molecule has 1 saturated heterocycles. The van der Waals surface area contributed by atoms with E-state index in [1.807, 2.05) is 12.2 Å². The van der Waals surface area contributed by atoms with Crippen LogP contribution in [0.3, 0.4) is 0 Å². The lowest BCUT2D eigenvalue weighted by molar-refractivity contribution is -0.154. The third-order valence-corrected chi connectivity index (χ3v) is 8.72. The van der Waals surface area contributed by atoms with Crippen molar-refractivity contribution < 1.29 is 32.3 Å². The molecule has 0 aromatic heterocycles. The quantitative estimate of drug-likeness (QED) is 0.311. The van der Waals surface area contributed by atoms with Gasteiger partial charge in [0.15, 0.2) is 6.61 Å². The summed E-state index contributed by atoms with van der Waals surface area (Å²) in [4.78, 5) is 50.7. The van der Waals surface area contributed by atoms with E-state index in [2.05, 4.69) is 5.32 Å². The third-order valence-electron chi connectivity index (χ3n) is 6.67. The fourth-order valence-electron chi connectivity index (χ4n) is 5.08. The minimum absolute atomic E-state index is 0.0334. The Morgan fingerprint density at radius 1 is 1.09 bits per heavy atom. The molecule has 34 heavy (non-hydrogen) atoms. The summed E-state index contributed by atoms with van der Waals surface area (Å²) in [5.41, 5.74) is 0.231. The lowest BCUT2D eigenvalue weighted by atomic mass is 9.85. The average Bonchev–Trinajstić information content (AvgIpc) is 3.49. The van der Waals surface area contributed by atoms with Crippen molar-refractivity contribution in [3.05, 3.63) is 36.4 Å². The van der Waals surface area contributed by atoms with E-state index < -0.39 is 46.9 Å². The molecule has 1 heterocycles. The van der Waals surface area contributed by atoms with Crippen molar-refractivity contribution >= 4 is 39.4 Å². The predicted octanol–water partition coefficient (Wildman–Crippen LogP) is 1.01. The van der Waals surface area contributed by atoms with Crippen LogP contribution in [0.4, 0.5) is 5.69 Å². The van der Waals surface area contributed by atoms with Crippen LogP contribution in [0, 0.1) is 23.7 Å². The summed E-state index contributed by atoms with van der Waals surface area (Å²) in [7, 11) is -3.70. The van der Waals surface area contributed by atoms with Crippen LogP contribution in [0.5, 0.6) is 0 Å². The number of allylic oxidation sites excluding steroid dienone is 2. The molecule has 3 amide bonds. The normalized spacial score (nSPS) is 25.2. The van der Waals surface area contributed by atoms with Gasteiger partial charge in [-0.15, -0.1) is 0 Å². The van der Waals surface area contributed by atoms with E-state index in [4.69, 9.17) is 4.74 Å². The number of fused-ring (bicyclic) bond motifs is 5. The van der Waals surface area contributed by atoms with Gasteiger partial charge in [0.05, 0.1) is 16.7 Å². The largest absolute Gasteiger partial charge is 0.454 e. The molecule has 4 atom stereocenters. The number of carbonyl (C=O) groups excluding carboxylic acids is 4. The summed E-state index contributed by atoms with van der Waals surface area (Å²) < 4.78 is 31.6. The molecule has 1 aliphatic heterocycles. The first-order valence-corrected chi connectivity index (χ1v) is 12.7. The van der Waals surface area contributed by atoms with Crippen molar-refractivity contribution in [2.75, 3.05) is 31.6 Å². The number of hydrogen-bond donors (Lipinski definition) is 1. The number of ether oxygens (including phenoxy) is 1. The highest BCUT2D eigenvalue weighted by molar-refractivity contribution is 7.89. The molecule has 2 fully saturated rings. The van der Waals surface area contributed by atoms with Gasteiger partial charge in [0.2, 0.25) is 21.8 Å². The van der Waals surface area contributed by atoms with Crippen molar-refractivity contribution in [3.8, 4) is 0 Å². The first-order valence-electron chi connectivity index (χ1n) is 11.3. The summed E-state index contributed by atoms with van der Waals surface area (Å²) in [5.74, 6) is -2.99. The molecule has 11 heteroatoms. The number of likely N-dealkylation sites (tertiary alicyclic amines) is 1. The zero-order chi connectivity index (χ0) is 24.6. The number of esters is 1. The number of benzene rings is 1. The molecule has 182 valence electrons. The second-order valence-electron chi connectivity index (χ2n) is 8.59. The van der Waals surface area contributed by atoms with Gasteiger partial charge in [0.1, 0.15) is 6.54 Å². The van der Waals surface area contributed by atoms with Crippen LogP contribution < -0.4 is 5.32 Å². The zero-order valence-corrected chi connectivity index (χ0v) is 19.8. The summed E-state index contributed by atoms with van der Waals surface area (Å²) >= 11 is 0. The first-order chi connectivity index (χ1) is 16.2. The van der Waals surface area contributed by atoms with Gasteiger partial charge in [-0.25, -0.2) is 8.42 Å². The Bertz CT molecular complexity index is 1130. The Kier molecular flexibility index (Phi) is 6.59. The maximum Gasteiger partial charge on any atom is 0.326 e. The second kappa shape index (κ2) is 9.30. The van der Waals surface area contributed by atoms with Crippen LogP contribution in [0.1, 0.15) is 20.3 Å². The molecule has 0 radical (unpaired) electrons. The van der Waals surface area contributed by atoms with Gasteiger partial charge < -0.3 is 10.1 Å². The third kappa shape index (κ3) is 4.25. The van der Waals surface area contributed by atoms with Crippen molar-refractivity contribution in [1.29, 1.82) is 0 Å². The zero-order valence-electron chi connectivity index (χ0n) is 19.0. The van der Waals surface area contributed by atoms with Crippen molar-refractivity contribution in [2.24, 2.45) is 23.7 Å². The van der Waals surface area contributed by atoms with Gasteiger partial charge in [-0.05, 0) is 36.5 Å². The molecule has 1 saturated carbocycles. The van der Waals surface area contributed by atoms with Crippen LogP contribution >= 0.6 is 0 Å². The van der Waals surface area contributed by atoms with Crippen molar-refractivity contribution in [2.45, 2.75) is 25.2 Å². The molecule has 1 aromatic carbocycles. The number of amides is 3. The number of nitrogens with one attached hydrogen (secondary N) is 1. The van der Waals surface area contributed by atoms with Crippen LogP contribution in [0.25, 0.3) is 0 Å². The summed E-state index contributed by atoms with van der Waals surface area (Å²) in [5, 5.41) is 2.49. The first kappa shape index (κ1) is 24.1. The Morgan fingerprint density at radius 3 is 2.29 bits per heavy atom. The standard InChI is InChI=1S/C23H27N3O7S/c1-3-25(4-2)34(31,32)17-7-5-6-16(11-17)24-18(27)13-33-19(28)12-26-22(29)20-14-8-9-15(10-14)21(20)23(26)30/h5-9,11,14-15,20-21H,3-4,10,12-13H2,1-2H3,(H,24,27). The number of carbonyl (C=O) groups is 4. The van der Waals surface area contributed by atoms with Crippen molar-refractivity contribution in [1.82, 2.24) is 9.21 Å². The van der Waals surface area contributed by atoms with E-state index in [0.717, 1.165) is 11.3 Å². The van der Waals surface area contributed by atoms with Gasteiger partial charge in [-0.3, -0.25) is 24.1 Å². The molecule has 1 aromatic rings. The highest BCUT2D eigenvalue weighted by Crippen LogP contribution is 2.52. The highest BCUT2D eigenvalue weighted by Gasteiger charge is 2.59. The second-order valence-corrected chi connectivity index (χ2v) is 10.5. The van der Waals surface area contributed by atoms with E-state index in [1.54, 1.807) is 13.8 Å². The van der Waals surface area contributed by atoms with Gasteiger partial charge in [0, 0.05) is 18.8 Å². The Morgan fingerprint density at radius 2 is 1.71 bits per heavy atom. The van der Waals surface area contributed by atoms with Crippen LogP contribution in [-0.2, 0) is 33.9 Å². The van der Waals surface area contributed by atoms with Gasteiger partial charge in [-0.2, -0.15) is 4.31 Å². The smallest absolute Gasteiger partial charge is 0.326 e. The molecule has 4 rings (SSSR count). The molecular weight excluding hydrogens is 462 g/mol. The summed E-state index contributed by atoms with van der Waals surface area (Å²) in [6.07, 6.45) is 4.72. The molecule has 2 aliphatic carbocycles. The highest BCUT2D eigenvalue weighted by atomic mass is 32.2. The molecule has 2 bridgehead atoms. The average molecular weight is 490 g/mol. The van der Waals surface area contributed by atoms with Gasteiger partial charge in [0.25, 0.3) is 5.91 Å². The SMILES string of the molecule is CCN(CC)S(=O)(=O)c1cccc(NC(=O)COC(=O)CN2C(=O)C3C4C=CC(C4)C3C2=O)c1. The number of nitrogens with zero attached hydrogens (tertiary/aromatic N) is 2. The van der Waals surface area contributed by atoms with E-state index in [0.29, 0.717) is 13.1 Å². The lowest BCUT2D eigenvalue weighted by Crippen LogP contribution is -2.38. The minimum Gasteiger partial charge on any atom is -0.454 e. The van der Waals surface area contributed by atoms with Crippen molar-refractivity contribution in [3.63, 3.8) is 0 Å². The van der Waals surface area contributed by atoms with E-state index in [-0.39, 0.29) is 34.2 Å². The molecule has 0 spiro atoms. The minimum atomic E-state index is -3.70. The number of hydrogen-bond acceptors (Lipinski definition) is 7. The lowest BCUT2D eigenvalue weighted by Gasteiger charge is -2.19. The Labute approximate surface area is 198 Å². The fourth-order valence-corrected chi connectivity index (χ4v) is 6.59. The Hall–Kier alpha value is -3.05. The number of anilines is 1. The van der Waals surface area contributed by atoms with E-state index >= 15 is 0 Å². The fraction of sp³-hybridized carbons (Fsp3) is 0.478. The van der Waals surface area contributed by atoms with Gasteiger partial charge in [-0.1, -0.05) is 32.1 Å². The van der Waals surface area contributed by atoms with E-state index in [1.165, 1.54) is 28.6 Å². The molecule has 1 N–H and O–H groups in total. The van der Waals surface area contributed by atoms with E-state index in [9.17, 15) is 27.6 Å². The number of rotatable bonds is 9. The molecular formula is C23H27N3O7S. The maximum absolute atomic E-state index is 12.7. The molecule has 4 unspecified atom stereocenters. The summed E-state index contributed by atoms with van der Waals surface area (Å²) in [6.45, 7) is 2.92. The van der Waals surface area contributed by atoms with Crippen LogP contribution in [0.15, 0.2) is 41.3 Å². The monoisotopic (exact) mass is 489 g/mol. The topological polar surface area (TPSA) is 130 Å². The predicted molar refractivity (Wildman–Crippen MR) is 121 cm³/mol.